The van der Waals surface area contributed by atoms with Crippen LogP contribution < -0.4 is 15.9 Å². The lowest BCUT2D eigenvalue weighted by molar-refractivity contribution is -0.131. The molecule has 136 valence electrons. The molecule has 1 aromatic rings. The van der Waals surface area contributed by atoms with Crippen LogP contribution in [-0.2, 0) is 4.79 Å². The molecule has 0 bridgehead atoms. The smallest absolute Gasteiger partial charge is 0.268 e. The third kappa shape index (κ3) is 4.11. The molecular formula is C18H18F2N4O2. The van der Waals surface area contributed by atoms with Gasteiger partial charge in [-0.2, -0.15) is 5.26 Å². The predicted molar refractivity (Wildman–Crippen MR) is 91.3 cm³/mol. The summed E-state index contributed by atoms with van der Waals surface area (Å²) in [5, 5.41) is 12.5. The van der Waals surface area contributed by atoms with Gasteiger partial charge in [0, 0.05) is 23.4 Å². The highest BCUT2D eigenvalue weighted by Gasteiger charge is 2.47. The summed E-state index contributed by atoms with van der Waals surface area (Å²) in [6, 6.07) is 2.00. The number of halogens is 2. The maximum atomic E-state index is 13.4. The van der Waals surface area contributed by atoms with Crippen LogP contribution in [0.1, 0.15) is 23.7 Å². The largest absolute Gasteiger partial charge is 0.343 e. The van der Waals surface area contributed by atoms with Crippen LogP contribution in [0, 0.1) is 11.3 Å². The van der Waals surface area contributed by atoms with Gasteiger partial charge in [-0.05, 0) is 19.1 Å². The Morgan fingerprint density at radius 1 is 1.58 bits per heavy atom. The quantitative estimate of drug-likeness (QED) is 0.839. The molecule has 1 unspecified atom stereocenters. The molecular weight excluding hydrogens is 342 g/mol. The SMILES string of the molecule is C=C/C=c1/nccc(C(=O)NCC(=O)N2CC(F)(F)CC2C#N)/c1=C/C. The van der Waals surface area contributed by atoms with E-state index < -0.39 is 43.3 Å². The molecule has 1 aliphatic heterocycles. The molecule has 8 heteroatoms. The number of allylic oxidation sites excluding steroid dienone is 1. The number of nitriles is 1. The first-order valence-corrected chi connectivity index (χ1v) is 7.92. The highest BCUT2D eigenvalue weighted by molar-refractivity contribution is 5.96. The van der Waals surface area contributed by atoms with Crippen molar-refractivity contribution in [1.82, 2.24) is 15.2 Å². The van der Waals surface area contributed by atoms with Crippen LogP contribution >= 0.6 is 0 Å². The second-order valence-electron chi connectivity index (χ2n) is 5.76. The van der Waals surface area contributed by atoms with Gasteiger partial charge in [-0.25, -0.2) is 8.78 Å². The van der Waals surface area contributed by atoms with E-state index in [-0.39, 0.29) is 0 Å². The van der Waals surface area contributed by atoms with Gasteiger partial charge >= 0.3 is 0 Å². The summed E-state index contributed by atoms with van der Waals surface area (Å²) in [5.74, 6) is -4.35. The Labute approximate surface area is 149 Å². The summed E-state index contributed by atoms with van der Waals surface area (Å²) in [5.41, 5.74) is 0.298. The Bertz CT molecular complexity index is 889. The number of aromatic nitrogens is 1. The molecule has 1 N–H and O–H groups in total. The molecule has 1 atom stereocenters. The van der Waals surface area contributed by atoms with E-state index in [1.807, 2.05) is 0 Å². The van der Waals surface area contributed by atoms with Gasteiger partial charge in [-0.1, -0.05) is 18.7 Å². The van der Waals surface area contributed by atoms with Crippen molar-refractivity contribution in [2.24, 2.45) is 0 Å². The fraction of sp³-hybridized carbons (Fsp3) is 0.333. The van der Waals surface area contributed by atoms with E-state index >= 15 is 0 Å². The zero-order valence-corrected chi connectivity index (χ0v) is 14.2. The van der Waals surface area contributed by atoms with Gasteiger partial charge in [0.1, 0.15) is 6.04 Å². The maximum Gasteiger partial charge on any atom is 0.268 e. The number of alkyl halides is 2. The first kappa shape index (κ1) is 19.2. The summed E-state index contributed by atoms with van der Waals surface area (Å²) < 4.78 is 26.8. The van der Waals surface area contributed by atoms with Crippen molar-refractivity contribution in [3.8, 4) is 6.07 Å². The summed E-state index contributed by atoms with van der Waals surface area (Å²) in [4.78, 5) is 29.5. The zero-order valence-electron chi connectivity index (χ0n) is 14.2. The lowest BCUT2D eigenvalue weighted by Gasteiger charge is -2.19. The van der Waals surface area contributed by atoms with E-state index in [1.165, 1.54) is 18.3 Å². The summed E-state index contributed by atoms with van der Waals surface area (Å²) in [6.45, 7) is 4.04. The fourth-order valence-electron chi connectivity index (χ4n) is 2.78. The lowest BCUT2D eigenvalue weighted by Crippen LogP contribution is -2.44. The van der Waals surface area contributed by atoms with E-state index in [2.05, 4.69) is 16.9 Å². The van der Waals surface area contributed by atoms with Crippen molar-refractivity contribution >= 4 is 24.0 Å². The van der Waals surface area contributed by atoms with Gasteiger partial charge in [-0.15, -0.1) is 0 Å². The summed E-state index contributed by atoms with van der Waals surface area (Å²) in [6.07, 6.45) is 5.64. The average molecular weight is 360 g/mol. The predicted octanol–water partition coefficient (Wildman–Crippen LogP) is 0.338. The number of hydrogen-bond acceptors (Lipinski definition) is 4. The van der Waals surface area contributed by atoms with Crippen LogP contribution in [0.3, 0.4) is 0 Å². The molecule has 26 heavy (non-hydrogen) atoms. The maximum absolute atomic E-state index is 13.4. The van der Waals surface area contributed by atoms with Crippen LogP contribution in [0.5, 0.6) is 0 Å². The average Bonchev–Trinajstić information content (AvgIpc) is 2.94. The van der Waals surface area contributed by atoms with Crippen molar-refractivity contribution in [2.45, 2.75) is 25.3 Å². The highest BCUT2D eigenvalue weighted by atomic mass is 19.3. The number of amides is 2. The number of pyridine rings is 1. The van der Waals surface area contributed by atoms with Gasteiger partial charge in [-0.3, -0.25) is 14.6 Å². The Kier molecular flexibility index (Phi) is 5.82. The number of likely N-dealkylation sites (tertiary alicyclic amines) is 1. The molecule has 0 aromatic carbocycles. The standard InChI is InChI=1S/C18H18F2N4O2/c1-3-5-15-13(4-2)14(6-7-22-15)17(26)23-10-16(25)24-11-18(19,20)8-12(24)9-21/h3-7,12H,1,8,10-11H2,2H3,(H,23,26)/b13-4-,15-5+. The van der Waals surface area contributed by atoms with Crippen molar-refractivity contribution in [2.75, 3.05) is 13.1 Å². The van der Waals surface area contributed by atoms with E-state index in [9.17, 15) is 18.4 Å². The highest BCUT2D eigenvalue weighted by Crippen LogP contribution is 2.31. The first-order chi connectivity index (χ1) is 12.3. The van der Waals surface area contributed by atoms with Crippen LogP contribution in [0.4, 0.5) is 8.78 Å². The second-order valence-corrected chi connectivity index (χ2v) is 5.76. The molecule has 1 saturated heterocycles. The van der Waals surface area contributed by atoms with Crippen LogP contribution in [-0.4, -0.2) is 46.8 Å². The Balaban J connectivity index is 2.14. The van der Waals surface area contributed by atoms with Crippen molar-refractivity contribution < 1.29 is 18.4 Å². The van der Waals surface area contributed by atoms with E-state index in [0.717, 1.165) is 4.90 Å². The van der Waals surface area contributed by atoms with Crippen molar-refractivity contribution in [3.63, 3.8) is 0 Å². The van der Waals surface area contributed by atoms with Crippen LogP contribution in [0.2, 0.25) is 0 Å². The summed E-state index contributed by atoms with van der Waals surface area (Å²) in [7, 11) is 0. The van der Waals surface area contributed by atoms with Gasteiger partial charge in [0.05, 0.1) is 24.5 Å². The summed E-state index contributed by atoms with van der Waals surface area (Å²) >= 11 is 0. The lowest BCUT2D eigenvalue weighted by atomic mass is 10.1. The molecule has 1 fully saturated rings. The zero-order chi connectivity index (χ0) is 19.3. The molecule has 2 rings (SSSR count). The normalized spacial score (nSPS) is 19.9. The van der Waals surface area contributed by atoms with Gasteiger partial charge in [0.15, 0.2) is 0 Å². The van der Waals surface area contributed by atoms with E-state index in [0.29, 0.717) is 16.1 Å². The van der Waals surface area contributed by atoms with Crippen molar-refractivity contribution in [1.29, 1.82) is 5.26 Å². The number of carbonyl (C=O) groups is 2. The Morgan fingerprint density at radius 3 is 2.92 bits per heavy atom. The third-order valence-electron chi connectivity index (χ3n) is 3.97. The van der Waals surface area contributed by atoms with Crippen molar-refractivity contribution in [3.05, 3.63) is 41.0 Å². The molecule has 6 nitrogen and oxygen atoms in total. The van der Waals surface area contributed by atoms with Crippen LogP contribution in [0.15, 0.2) is 24.9 Å². The van der Waals surface area contributed by atoms with Gasteiger partial charge in [0.2, 0.25) is 5.91 Å². The molecule has 1 aliphatic rings. The minimum absolute atomic E-state index is 0.298. The van der Waals surface area contributed by atoms with E-state index in [4.69, 9.17) is 5.26 Å². The Hall–Kier alpha value is -3.08. The number of nitrogens with one attached hydrogen (secondary N) is 1. The molecule has 2 heterocycles. The fourth-order valence-corrected chi connectivity index (χ4v) is 2.78. The van der Waals surface area contributed by atoms with E-state index in [1.54, 1.807) is 25.1 Å². The monoisotopic (exact) mass is 360 g/mol. The molecule has 1 aromatic heterocycles. The minimum Gasteiger partial charge on any atom is -0.343 e. The first-order valence-electron chi connectivity index (χ1n) is 7.92. The number of nitrogens with zero attached hydrogens (tertiary/aromatic N) is 3. The minimum atomic E-state index is -3.09. The second kappa shape index (κ2) is 7.87. The van der Waals surface area contributed by atoms with Gasteiger partial charge < -0.3 is 10.2 Å². The topological polar surface area (TPSA) is 86.1 Å². The molecule has 0 spiro atoms. The number of rotatable bonds is 4. The molecule has 0 aliphatic carbocycles. The number of hydrogen-bond donors (Lipinski definition) is 1. The number of carbonyl (C=O) groups excluding carboxylic acids is 2. The van der Waals surface area contributed by atoms with Gasteiger partial charge in [0.25, 0.3) is 11.8 Å². The molecule has 0 radical (unpaired) electrons. The Morgan fingerprint density at radius 2 is 2.31 bits per heavy atom. The van der Waals surface area contributed by atoms with Crippen LogP contribution in [0.25, 0.3) is 12.2 Å². The third-order valence-corrected chi connectivity index (χ3v) is 3.97. The molecule has 0 saturated carbocycles. The molecule has 2 amide bonds.